The van der Waals surface area contributed by atoms with Gasteiger partial charge in [-0.2, -0.15) is 0 Å². The van der Waals surface area contributed by atoms with Crippen molar-refractivity contribution in [3.8, 4) is 0 Å². The van der Waals surface area contributed by atoms with Gasteiger partial charge in [-0.15, -0.1) is 0 Å². The molecule has 0 atom stereocenters. The van der Waals surface area contributed by atoms with Crippen molar-refractivity contribution in [2.45, 2.75) is 52.1 Å². The number of anilines is 1. The van der Waals surface area contributed by atoms with Crippen LogP contribution in [-0.4, -0.2) is 24.6 Å². The van der Waals surface area contributed by atoms with E-state index in [1.807, 2.05) is 0 Å². The quantitative estimate of drug-likeness (QED) is 0.751. The Balaban J connectivity index is 2.10. The van der Waals surface area contributed by atoms with Crippen LogP contribution in [0.25, 0.3) is 0 Å². The Morgan fingerprint density at radius 1 is 1.33 bits per heavy atom. The normalized spacial score (nSPS) is 14.8. The summed E-state index contributed by atoms with van der Waals surface area (Å²) >= 11 is 0. The maximum Gasteiger partial charge on any atom is 0.129 e. The smallest absolute Gasteiger partial charge is 0.129 e. The predicted octanol–water partition coefficient (Wildman–Crippen LogP) is 2.74. The third kappa shape index (κ3) is 3.45. The lowest BCUT2D eigenvalue weighted by Crippen LogP contribution is -2.22. The lowest BCUT2D eigenvalue weighted by atomic mass is 10.2. The Hall–Kier alpha value is -1.09. The molecule has 1 aliphatic carbocycles. The molecule has 0 radical (unpaired) electrons. The largest absolute Gasteiger partial charge is 0.357 e. The van der Waals surface area contributed by atoms with Crippen molar-refractivity contribution in [3.05, 3.63) is 23.4 Å². The average Bonchev–Trinajstić information content (AvgIpc) is 3.22. The number of aryl methyl sites for hydroxylation is 1. The van der Waals surface area contributed by atoms with E-state index >= 15 is 0 Å². The molecule has 0 aliphatic heterocycles. The fourth-order valence-electron chi connectivity index (χ4n) is 2.16. The zero-order valence-corrected chi connectivity index (χ0v) is 11.9. The lowest BCUT2D eigenvalue weighted by Gasteiger charge is -2.19. The summed E-state index contributed by atoms with van der Waals surface area (Å²) in [5.41, 5.74) is 2.56. The van der Waals surface area contributed by atoms with E-state index in [0.717, 1.165) is 31.4 Å². The van der Waals surface area contributed by atoms with Gasteiger partial charge in [-0.1, -0.05) is 13.8 Å². The topological polar surface area (TPSA) is 28.2 Å². The van der Waals surface area contributed by atoms with E-state index in [4.69, 9.17) is 4.98 Å². The number of nitrogens with one attached hydrogen (secondary N) is 1. The molecule has 1 fully saturated rings. The van der Waals surface area contributed by atoms with E-state index in [2.05, 4.69) is 43.2 Å². The molecule has 1 heterocycles. The number of hydrogen-bond acceptors (Lipinski definition) is 3. The fourth-order valence-corrected chi connectivity index (χ4v) is 2.16. The van der Waals surface area contributed by atoms with Crippen molar-refractivity contribution in [2.75, 3.05) is 18.5 Å². The van der Waals surface area contributed by atoms with Gasteiger partial charge in [0.05, 0.1) is 0 Å². The minimum absolute atomic E-state index is 0.723. The minimum Gasteiger partial charge on any atom is -0.357 e. The molecule has 3 nitrogen and oxygen atoms in total. The second-order valence-electron chi connectivity index (χ2n) is 5.20. The molecule has 1 aliphatic rings. The summed E-state index contributed by atoms with van der Waals surface area (Å²) in [4.78, 5) is 7.08. The number of pyridine rings is 1. The molecule has 0 aromatic carbocycles. The van der Waals surface area contributed by atoms with Gasteiger partial charge in [-0.3, -0.25) is 0 Å². The van der Waals surface area contributed by atoms with E-state index in [-0.39, 0.29) is 0 Å². The molecule has 1 aromatic heterocycles. The van der Waals surface area contributed by atoms with Gasteiger partial charge in [0, 0.05) is 25.3 Å². The van der Waals surface area contributed by atoms with Crippen LogP contribution in [0.5, 0.6) is 0 Å². The van der Waals surface area contributed by atoms with Gasteiger partial charge >= 0.3 is 0 Å². The summed E-state index contributed by atoms with van der Waals surface area (Å²) < 4.78 is 0. The van der Waals surface area contributed by atoms with Crippen LogP contribution in [0.1, 0.15) is 44.4 Å². The van der Waals surface area contributed by atoms with Gasteiger partial charge in [0.25, 0.3) is 0 Å². The zero-order valence-electron chi connectivity index (χ0n) is 11.9. The lowest BCUT2D eigenvalue weighted by molar-refractivity contribution is 0.673. The van der Waals surface area contributed by atoms with E-state index in [9.17, 15) is 0 Å². The molecule has 0 bridgehead atoms. The molecular formula is C15H25N3. The van der Waals surface area contributed by atoms with Crippen LogP contribution in [0.2, 0.25) is 0 Å². The molecule has 18 heavy (non-hydrogen) atoms. The Bertz CT molecular complexity index is 385. The molecule has 2 rings (SSSR count). The summed E-state index contributed by atoms with van der Waals surface area (Å²) in [5.74, 6) is 1.14. The van der Waals surface area contributed by atoms with E-state index < -0.39 is 0 Å². The van der Waals surface area contributed by atoms with Crippen LogP contribution < -0.4 is 10.2 Å². The standard InChI is InChI=1S/C15H25N3/c1-4-8-16-11-12-9-13(5-2)17-15(10-12)18(3)14-6-7-14/h9-10,14,16H,4-8,11H2,1-3H3. The van der Waals surface area contributed by atoms with E-state index in [1.54, 1.807) is 0 Å². The maximum absolute atomic E-state index is 4.74. The molecule has 1 saturated carbocycles. The van der Waals surface area contributed by atoms with Crippen LogP contribution in [-0.2, 0) is 13.0 Å². The highest BCUT2D eigenvalue weighted by atomic mass is 15.2. The first-order chi connectivity index (χ1) is 8.74. The molecule has 0 amide bonds. The highest BCUT2D eigenvalue weighted by molar-refractivity contribution is 5.44. The highest BCUT2D eigenvalue weighted by Gasteiger charge is 2.27. The SMILES string of the molecule is CCCNCc1cc(CC)nc(N(C)C2CC2)c1. The van der Waals surface area contributed by atoms with Gasteiger partial charge in [0.15, 0.2) is 0 Å². The van der Waals surface area contributed by atoms with E-state index in [1.165, 1.54) is 30.5 Å². The Labute approximate surface area is 111 Å². The van der Waals surface area contributed by atoms with Crippen LogP contribution in [0.4, 0.5) is 5.82 Å². The molecule has 0 saturated heterocycles. The first kappa shape index (κ1) is 13.3. The molecule has 1 N–H and O–H groups in total. The second-order valence-corrected chi connectivity index (χ2v) is 5.20. The first-order valence-electron chi connectivity index (χ1n) is 7.18. The van der Waals surface area contributed by atoms with Gasteiger partial charge in [0.1, 0.15) is 5.82 Å². The summed E-state index contributed by atoms with van der Waals surface area (Å²) in [6.45, 7) is 6.41. The molecule has 0 unspecified atom stereocenters. The number of hydrogen-bond donors (Lipinski definition) is 1. The van der Waals surface area contributed by atoms with Gasteiger partial charge in [0.2, 0.25) is 0 Å². The Morgan fingerprint density at radius 2 is 2.11 bits per heavy atom. The van der Waals surface area contributed by atoms with E-state index in [0.29, 0.717) is 0 Å². The highest BCUT2D eigenvalue weighted by Crippen LogP contribution is 2.29. The van der Waals surface area contributed by atoms with Gasteiger partial charge < -0.3 is 10.2 Å². The first-order valence-corrected chi connectivity index (χ1v) is 7.18. The van der Waals surface area contributed by atoms with Crippen molar-refractivity contribution < 1.29 is 0 Å². The molecule has 3 heteroatoms. The van der Waals surface area contributed by atoms with Crippen LogP contribution in [0, 0.1) is 0 Å². The second kappa shape index (κ2) is 6.19. The Kier molecular flexibility index (Phi) is 4.59. The third-order valence-corrected chi connectivity index (χ3v) is 3.50. The summed E-state index contributed by atoms with van der Waals surface area (Å²) in [5, 5.41) is 3.47. The van der Waals surface area contributed by atoms with Crippen molar-refractivity contribution in [3.63, 3.8) is 0 Å². The predicted molar refractivity (Wildman–Crippen MR) is 77.0 cm³/mol. The third-order valence-electron chi connectivity index (χ3n) is 3.50. The average molecular weight is 247 g/mol. The zero-order chi connectivity index (χ0) is 13.0. The van der Waals surface area contributed by atoms with Gasteiger partial charge in [-0.05, 0) is 49.9 Å². The maximum atomic E-state index is 4.74. The number of nitrogens with zero attached hydrogens (tertiary/aromatic N) is 2. The van der Waals surface area contributed by atoms with Crippen LogP contribution >= 0.6 is 0 Å². The van der Waals surface area contributed by atoms with Crippen molar-refractivity contribution >= 4 is 5.82 Å². The minimum atomic E-state index is 0.723. The van der Waals surface area contributed by atoms with Gasteiger partial charge in [-0.25, -0.2) is 4.98 Å². The van der Waals surface area contributed by atoms with Crippen molar-refractivity contribution in [2.24, 2.45) is 0 Å². The summed E-state index contributed by atoms with van der Waals surface area (Å²) in [6.07, 6.45) is 4.82. The van der Waals surface area contributed by atoms with Crippen LogP contribution in [0.15, 0.2) is 12.1 Å². The van der Waals surface area contributed by atoms with Crippen molar-refractivity contribution in [1.82, 2.24) is 10.3 Å². The summed E-state index contributed by atoms with van der Waals surface area (Å²) in [7, 11) is 2.17. The molecule has 0 spiro atoms. The van der Waals surface area contributed by atoms with Crippen LogP contribution in [0.3, 0.4) is 0 Å². The van der Waals surface area contributed by atoms with Crippen molar-refractivity contribution in [1.29, 1.82) is 0 Å². The summed E-state index contributed by atoms with van der Waals surface area (Å²) in [6, 6.07) is 5.19. The number of aromatic nitrogens is 1. The fraction of sp³-hybridized carbons (Fsp3) is 0.667. The Morgan fingerprint density at radius 3 is 2.72 bits per heavy atom. The molecule has 1 aromatic rings. The number of rotatable bonds is 7. The monoisotopic (exact) mass is 247 g/mol. The molecule has 100 valence electrons. The molecular weight excluding hydrogens is 222 g/mol.